The number of nitrogens with zero attached hydrogens (tertiary/aromatic N) is 2. The van der Waals surface area contributed by atoms with Crippen molar-refractivity contribution in [2.45, 2.75) is 37.8 Å². The van der Waals surface area contributed by atoms with E-state index in [-0.39, 0.29) is 23.8 Å². The number of furan rings is 1. The van der Waals surface area contributed by atoms with E-state index in [4.69, 9.17) is 4.42 Å². The van der Waals surface area contributed by atoms with Crippen LogP contribution >= 0.6 is 0 Å². The Balaban J connectivity index is 1.66. The molecule has 0 aliphatic heterocycles. The molecule has 0 bridgehead atoms. The Morgan fingerprint density at radius 1 is 1.17 bits per heavy atom. The van der Waals surface area contributed by atoms with Crippen LogP contribution in [0.5, 0.6) is 0 Å². The average molecular weight is 312 g/mol. The van der Waals surface area contributed by atoms with E-state index in [2.05, 4.69) is 12.1 Å². The molecule has 0 saturated heterocycles. The lowest BCUT2D eigenvalue weighted by molar-refractivity contribution is -0.402. The van der Waals surface area contributed by atoms with E-state index < -0.39 is 10.8 Å². The number of carbonyl (C=O) groups excluding carboxylic acids is 1. The Morgan fingerprint density at radius 2 is 1.96 bits per heavy atom. The summed E-state index contributed by atoms with van der Waals surface area (Å²) < 4.78 is 5.12. The van der Waals surface area contributed by atoms with Crippen LogP contribution in [-0.4, -0.2) is 21.8 Å². The monoisotopic (exact) mass is 312 g/mol. The van der Waals surface area contributed by atoms with Crippen molar-refractivity contribution in [2.24, 2.45) is 0 Å². The minimum atomic E-state index is -0.622. The maximum Gasteiger partial charge on any atom is 0.433 e. The van der Waals surface area contributed by atoms with E-state index in [1.807, 2.05) is 17.0 Å². The van der Waals surface area contributed by atoms with Crippen molar-refractivity contribution >= 4 is 11.8 Å². The summed E-state index contributed by atoms with van der Waals surface area (Å²) in [4.78, 5) is 24.9. The second-order valence-electron chi connectivity index (χ2n) is 6.09. The number of hydrogen-bond donors (Lipinski definition) is 0. The molecule has 4 rings (SSSR count). The molecule has 0 spiro atoms. The van der Waals surface area contributed by atoms with Crippen molar-refractivity contribution in [1.29, 1.82) is 0 Å². The zero-order valence-corrected chi connectivity index (χ0v) is 12.5. The van der Waals surface area contributed by atoms with E-state index in [0.717, 1.165) is 25.7 Å². The van der Waals surface area contributed by atoms with Gasteiger partial charge in [0.2, 0.25) is 0 Å². The molecule has 6 heteroatoms. The average Bonchev–Trinajstić information content (AvgIpc) is 3.10. The number of aryl methyl sites for hydroxylation is 1. The fourth-order valence-corrected chi connectivity index (χ4v) is 3.41. The molecular formula is C17H16N2O4. The summed E-state index contributed by atoms with van der Waals surface area (Å²) in [5.41, 5.74) is 2.47. The molecule has 0 radical (unpaired) electrons. The third kappa shape index (κ3) is 2.40. The normalized spacial score (nSPS) is 19.4. The standard InChI is InChI=1S/C17H16N2O4/c20-17(15-9-10-16(23-15)19(21)22)18(12-6-7-12)14-8-5-11-3-1-2-4-13(11)14/h1-4,9-10,12,14H,5-8H2/t14-/m1/s1. The fraction of sp³-hybridized carbons (Fsp3) is 0.353. The topological polar surface area (TPSA) is 76.6 Å². The molecule has 6 nitrogen and oxygen atoms in total. The van der Waals surface area contributed by atoms with E-state index in [1.54, 1.807) is 0 Å². The van der Waals surface area contributed by atoms with Gasteiger partial charge in [0.25, 0.3) is 5.91 Å². The largest absolute Gasteiger partial charge is 0.433 e. The molecule has 0 unspecified atom stereocenters. The number of benzene rings is 1. The van der Waals surface area contributed by atoms with Gasteiger partial charge in [-0.1, -0.05) is 24.3 Å². The maximum absolute atomic E-state index is 12.9. The number of fused-ring (bicyclic) bond motifs is 1. The van der Waals surface area contributed by atoms with E-state index in [9.17, 15) is 14.9 Å². The van der Waals surface area contributed by atoms with Gasteiger partial charge >= 0.3 is 5.88 Å². The Labute approximate surface area is 132 Å². The summed E-state index contributed by atoms with van der Waals surface area (Å²) in [7, 11) is 0. The van der Waals surface area contributed by atoms with Crippen molar-refractivity contribution in [3.05, 3.63) is 63.4 Å². The zero-order valence-electron chi connectivity index (χ0n) is 12.5. The van der Waals surface area contributed by atoms with Gasteiger partial charge in [0, 0.05) is 6.04 Å². The lowest BCUT2D eigenvalue weighted by Crippen LogP contribution is -2.35. The van der Waals surface area contributed by atoms with Crippen molar-refractivity contribution in [2.75, 3.05) is 0 Å². The van der Waals surface area contributed by atoms with E-state index in [1.165, 1.54) is 23.3 Å². The maximum atomic E-state index is 12.9. The van der Waals surface area contributed by atoms with Gasteiger partial charge in [0.1, 0.15) is 4.92 Å². The van der Waals surface area contributed by atoms with Gasteiger partial charge in [-0.05, 0) is 42.9 Å². The first-order valence-corrected chi connectivity index (χ1v) is 7.80. The Hall–Kier alpha value is -2.63. The van der Waals surface area contributed by atoms with Crippen LogP contribution in [0.4, 0.5) is 5.88 Å². The van der Waals surface area contributed by atoms with Gasteiger partial charge < -0.3 is 9.32 Å². The molecule has 118 valence electrons. The van der Waals surface area contributed by atoms with Gasteiger partial charge in [-0.15, -0.1) is 0 Å². The van der Waals surface area contributed by atoms with Crippen LogP contribution in [0.1, 0.15) is 47.0 Å². The van der Waals surface area contributed by atoms with Crippen LogP contribution < -0.4 is 0 Å². The number of amides is 1. The Bertz CT molecular complexity index is 778. The second-order valence-corrected chi connectivity index (χ2v) is 6.09. The molecule has 1 amide bonds. The van der Waals surface area contributed by atoms with Crippen molar-refractivity contribution in [3.63, 3.8) is 0 Å². The van der Waals surface area contributed by atoms with Crippen LogP contribution in [-0.2, 0) is 6.42 Å². The highest BCUT2D eigenvalue weighted by atomic mass is 16.6. The molecule has 1 heterocycles. The molecule has 2 aromatic rings. The first-order chi connectivity index (χ1) is 11.1. The molecule has 23 heavy (non-hydrogen) atoms. The predicted octanol–water partition coefficient (Wildman–Crippen LogP) is 3.48. The number of nitro groups is 1. The number of hydrogen-bond acceptors (Lipinski definition) is 4. The van der Waals surface area contributed by atoms with Crippen LogP contribution in [0.2, 0.25) is 0 Å². The molecule has 2 aliphatic rings. The second kappa shape index (κ2) is 5.22. The number of carbonyl (C=O) groups is 1. The van der Waals surface area contributed by atoms with Crippen molar-refractivity contribution in [1.82, 2.24) is 4.90 Å². The quantitative estimate of drug-likeness (QED) is 0.639. The van der Waals surface area contributed by atoms with E-state index in [0.29, 0.717) is 0 Å². The molecule has 1 fully saturated rings. The molecular weight excluding hydrogens is 296 g/mol. The zero-order chi connectivity index (χ0) is 16.0. The van der Waals surface area contributed by atoms with Crippen LogP contribution in [0.25, 0.3) is 0 Å². The van der Waals surface area contributed by atoms with Crippen LogP contribution in [0, 0.1) is 10.1 Å². The smallest absolute Gasteiger partial charge is 0.395 e. The molecule has 2 aliphatic carbocycles. The predicted molar refractivity (Wildman–Crippen MR) is 82.1 cm³/mol. The van der Waals surface area contributed by atoms with Crippen LogP contribution in [0.3, 0.4) is 0 Å². The summed E-state index contributed by atoms with van der Waals surface area (Å²) in [6.45, 7) is 0. The third-order valence-corrected chi connectivity index (χ3v) is 4.59. The van der Waals surface area contributed by atoms with Gasteiger partial charge in [0.05, 0.1) is 12.1 Å². The third-order valence-electron chi connectivity index (χ3n) is 4.59. The highest BCUT2D eigenvalue weighted by molar-refractivity contribution is 5.92. The minimum Gasteiger partial charge on any atom is -0.395 e. The molecule has 1 aromatic carbocycles. The summed E-state index contributed by atoms with van der Waals surface area (Å²) >= 11 is 0. The number of rotatable bonds is 4. The molecule has 1 saturated carbocycles. The van der Waals surface area contributed by atoms with Gasteiger partial charge in [-0.2, -0.15) is 0 Å². The first kappa shape index (κ1) is 14.0. The fourth-order valence-electron chi connectivity index (χ4n) is 3.41. The summed E-state index contributed by atoms with van der Waals surface area (Å²) in [5.74, 6) is -0.591. The first-order valence-electron chi connectivity index (χ1n) is 7.80. The summed E-state index contributed by atoms with van der Waals surface area (Å²) in [6.07, 6.45) is 3.81. The van der Waals surface area contributed by atoms with Gasteiger partial charge in [-0.25, -0.2) is 0 Å². The lowest BCUT2D eigenvalue weighted by atomic mass is 10.1. The SMILES string of the molecule is O=C(c1ccc([N+](=O)[O-])o1)N(C1CC1)[C@@H]1CCc2ccccc21. The van der Waals surface area contributed by atoms with Crippen LogP contribution in [0.15, 0.2) is 40.8 Å². The highest BCUT2D eigenvalue weighted by Crippen LogP contribution is 2.42. The Morgan fingerprint density at radius 3 is 2.65 bits per heavy atom. The molecule has 0 N–H and O–H groups in total. The van der Waals surface area contributed by atoms with Crippen molar-refractivity contribution < 1.29 is 14.1 Å². The summed E-state index contributed by atoms with van der Waals surface area (Å²) in [6, 6.07) is 11.1. The molecule has 1 aromatic heterocycles. The minimum absolute atomic E-state index is 0.0374. The Kier molecular flexibility index (Phi) is 3.18. The lowest BCUT2D eigenvalue weighted by Gasteiger charge is -2.29. The molecule has 1 atom stereocenters. The highest BCUT2D eigenvalue weighted by Gasteiger charge is 2.41. The van der Waals surface area contributed by atoms with Gasteiger partial charge in [0.15, 0.2) is 5.76 Å². The summed E-state index contributed by atoms with van der Waals surface area (Å²) in [5, 5.41) is 10.8. The van der Waals surface area contributed by atoms with Gasteiger partial charge in [-0.3, -0.25) is 14.9 Å². The van der Waals surface area contributed by atoms with Crippen molar-refractivity contribution in [3.8, 4) is 0 Å². The van der Waals surface area contributed by atoms with E-state index >= 15 is 0 Å².